The van der Waals surface area contributed by atoms with Crippen LogP contribution in [0.15, 0.2) is 179 Å². The van der Waals surface area contributed by atoms with E-state index in [0.717, 1.165) is 66.6 Å². The van der Waals surface area contributed by atoms with Crippen LogP contribution < -0.4 is 5.32 Å². The summed E-state index contributed by atoms with van der Waals surface area (Å²) in [7, 11) is 0. The summed E-state index contributed by atoms with van der Waals surface area (Å²) < 4.78 is 6.50. The molecule has 0 spiro atoms. The van der Waals surface area contributed by atoms with E-state index >= 15 is 0 Å². The molecule has 0 bridgehead atoms. The molecule has 1 aliphatic heterocycles. The van der Waals surface area contributed by atoms with E-state index in [9.17, 15) is 0 Å². The predicted molar refractivity (Wildman–Crippen MR) is 195 cm³/mol. The molecular weight excluding hydrogens is 572 g/mol. The minimum Gasteiger partial charge on any atom is -0.455 e. The molecule has 0 amide bonds. The van der Waals surface area contributed by atoms with Crippen LogP contribution in [-0.2, 0) is 0 Å². The number of rotatable bonds is 5. The predicted octanol–water partition coefficient (Wildman–Crippen LogP) is 11.2. The highest BCUT2D eigenvalue weighted by atomic mass is 16.3. The maximum Gasteiger partial charge on any atom is 0.145 e. The summed E-state index contributed by atoms with van der Waals surface area (Å²) in [5.41, 5.74) is 11.8. The molecule has 1 aliphatic rings. The number of furan rings is 1. The first-order valence-electron chi connectivity index (χ1n) is 16.0. The van der Waals surface area contributed by atoms with Crippen molar-refractivity contribution in [3.63, 3.8) is 0 Å². The first kappa shape index (κ1) is 27.1. The molecule has 0 saturated heterocycles. The van der Waals surface area contributed by atoms with Gasteiger partial charge in [-0.3, -0.25) is 4.99 Å². The van der Waals surface area contributed by atoms with Crippen LogP contribution in [0.4, 0.5) is 0 Å². The minimum atomic E-state index is -0.203. The van der Waals surface area contributed by atoms with E-state index in [0.29, 0.717) is 0 Å². The molecule has 1 aromatic heterocycles. The van der Waals surface area contributed by atoms with Crippen LogP contribution in [0.3, 0.4) is 0 Å². The van der Waals surface area contributed by atoms with Gasteiger partial charge in [0.1, 0.15) is 17.3 Å². The third-order valence-corrected chi connectivity index (χ3v) is 9.11. The fourth-order valence-electron chi connectivity index (χ4n) is 6.67. The zero-order valence-electron chi connectivity index (χ0n) is 25.6. The van der Waals surface area contributed by atoms with Crippen molar-refractivity contribution >= 4 is 44.1 Å². The van der Waals surface area contributed by atoms with Crippen molar-refractivity contribution in [3.8, 4) is 22.3 Å². The molecular formula is C44H30N2O. The van der Waals surface area contributed by atoms with E-state index in [2.05, 4.69) is 163 Å². The van der Waals surface area contributed by atoms with Crippen LogP contribution >= 0.6 is 0 Å². The SMILES string of the molecule is C1=C(c2ccc(-c3ccccc3)cc2)NC(c2ccccc2)N=C1c1cccc(-c2ccc3c(c2)oc2c4ccccc4ccc32)c1. The molecule has 0 radical (unpaired) electrons. The van der Waals surface area contributed by atoms with Crippen molar-refractivity contribution in [1.82, 2.24) is 5.32 Å². The van der Waals surface area contributed by atoms with E-state index in [1.165, 1.54) is 16.5 Å². The summed E-state index contributed by atoms with van der Waals surface area (Å²) in [5, 5.41) is 8.29. The van der Waals surface area contributed by atoms with Gasteiger partial charge in [-0.1, -0.05) is 140 Å². The van der Waals surface area contributed by atoms with Crippen LogP contribution in [0, 0.1) is 0 Å². The highest BCUT2D eigenvalue weighted by Gasteiger charge is 2.20. The van der Waals surface area contributed by atoms with Crippen molar-refractivity contribution in [2.75, 3.05) is 0 Å². The molecule has 3 heteroatoms. The Morgan fingerprint density at radius 3 is 1.96 bits per heavy atom. The summed E-state index contributed by atoms with van der Waals surface area (Å²) in [6.07, 6.45) is 1.97. The number of nitrogens with zero attached hydrogens (tertiary/aromatic N) is 1. The Balaban J connectivity index is 1.10. The van der Waals surface area contributed by atoms with E-state index in [1.807, 2.05) is 12.1 Å². The van der Waals surface area contributed by atoms with E-state index in [1.54, 1.807) is 0 Å². The van der Waals surface area contributed by atoms with Gasteiger partial charge in [0, 0.05) is 27.4 Å². The average molecular weight is 603 g/mol. The van der Waals surface area contributed by atoms with Gasteiger partial charge in [-0.05, 0) is 69.1 Å². The van der Waals surface area contributed by atoms with E-state index in [-0.39, 0.29) is 6.17 Å². The molecule has 1 atom stereocenters. The molecule has 1 unspecified atom stereocenters. The maximum atomic E-state index is 6.50. The van der Waals surface area contributed by atoms with Crippen LogP contribution in [0.2, 0.25) is 0 Å². The van der Waals surface area contributed by atoms with Gasteiger partial charge in [0.2, 0.25) is 0 Å². The number of nitrogens with one attached hydrogen (secondary N) is 1. The molecule has 8 aromatic rings. The van der Waals surface area contributed by atoms with Gasteiger partial charge in [0.25, 0.3) is 0 Å². The normalized spacial score (nSPS) is 14.6. The van der Waals surface area contributed by atoms with E-state index in [4.69, 9.17) is 9.41 Å². The van der Waals surface area contributed by atoms with Gasteiger partial charge in [0.15, 0.2) is 0 Å². The lowest BCUT2D eigenvalue weighted by molar-refractivity contribution is 0.664. The van der Waals surface area contributed by atoms with E-state index < -0.39 is 0 Å². The van der Waals surface area contributed by atoms with Gasteiger partial charge >= 0.3 is 0 Å². The van der Waals surface area contributed by atoms with Crippen LogP contribution in [0.1, 0.15) is 22.9 Å². The second-order valence-electron chi connectivity index (χ2n) is 12.0. The van der Waals surface area contributed by atoms with Gasteiger partial charge < -0.3 is 9.73 Å². The van der Waals surface area contributed by atoms with Gasteiger partial charge in [0.05, 0.1) is 5.71 Å². The summed E-state index contributed by atoms with van der Waals surface area (Å²) in [6.45, 7) is 0. The number of fused-ring (bicyclic) bond motifs is 5. The standard InChI is InChI=1S/C44H30N2O/c1-3-10-29(11-4-1)30-18-20-32(21-19-30)40-28-41(46-44(45-40)33-13-5-2-6-14-33)36-16-9-15-34(26-36)35-23-24-38-39-25-22-31-12-7-8-17-37(31)43(39)47-42(38)27-35/h1-28,44-45H. The molecule has 2 heterocycles. The summed E-state index contributed by atoms with van der Waals surface area (Å²) in [4.78, 5) is 5.22. The quantitative estimate of drug-likeness (QED) is 0.213. The molecule has 9 rings (SSSR count). The molecule has 47 heavy (non-hydrogen) atoms. The third kappa shape index (κ3) is 4.99. The van der Waals surface area contributed by atoms with Gasteiger partial charge in [-0.2, -0.15) is 0 Å². The summed E-state index contributed by atoms with van der Waals surface area (Å²) >= 11 is 0. The first-order chi connectivity index (χ1) is 23.3. The Labute approximate surface area is 273 Å². The fraction of sp³-hybridized carbons (Fsp3) is 0.0227. The second-order valence-corrected chi connectivity index (χ2v) is 12.0. The van der Waals surface area contributed by atoms with Crippen molar-refractivity contribution in [2.45, 2.75) is 6.17 Å². The van der Waals surface area contributed by atoms with Crippen molar-refractivity contribution in [3.05, 3.63) is 187 Å². The zero-order valence-corrected chi connectivity index (χ0v) is 25.6. The molecule has 0 aliphatic carbocycles. The lowest BCUT2D eigenvalue weighted by Gasteiger charge is -2.25. The second kappa shape index (κ2) is 11.3. The lowest BCUT2D eigenvalue weighted by Crippen LogP contribution is -2.24. The Bertz CT molecular complexity index is 2470. The van der Waals surface area contributed by atoms with Gasteiger partial charge in [-0.15, -0.1) is 0 Å². The van der Waals surface area contributed by atoms with Crippen molar-refractivity contribution < 1.29 is 4.42 Å². The first-order valence-corrected chi connectivity index (χ1v) is 16.0. The molecule has 1 N–H and O–H groups in total. The monoisotopic (exact) mass is 602 g/mol. The van der Waals surface area contributed by atoms with Gasteiger partial charge in [-0.25, -0.2) is 0 Å². The Kier molecular flexibility index (Phi) is 6.53. The number of benzene rings is 7. The third-order valence-electron chi connectivity index (χ3n) is 9.11. The summed E-state index contributed by atoms with van der Waals surface area (Å²) in [5.74, 6) is 0. The zero-order chi connectivity index (χ0) is 31.2. The smallest absolute Gasteiger partial charge is 0.145 e. The molecule has 222 valence electrons. The van der Waals surface area contributed by atoms with Crippen molar-refractivity contribution in [1.29, 1.82) is 0 Å². The highest BCUT2D eigenvalue weighted by Crippen LogP contribution is 2.36. The Morgan fingerprint density at radius 1 is 0.468 bits per heavy atom. The average Bonchev–Trinajstić information content (AvgIpc) is 3.54. The lowest BCUT2D eigenvalue weighted by atomic mass is 9.97. The number of allylic oxidation sites excluding steroid dienone is 1. The van der Waals surface area contributed by atoms with Crippen LogP contribution in [0.25, 0.3) is 60.7 Å². The molecule has 3 nitrogen and oxygen atoms in total. The fourth-order valence-corrected chi connectivity index (χ4v) is 6.67. The number of hydrogen-bond donors (Lipinski definition) is 1. The molecule has 7 aromatic carbocycles. The Morgan fingerprint density at radius 2 is 1.11 bits per heavy atom. The van der Waals surface area contributed by atoms with Crippen LogP contribution in [0.5, 0.6) is 0 Å². The topological polar surface area (TPSA) is 37.5 Å². The largest absolute Gasteiger partial charge is 0.455 e. The summed E-state index contributed by atoms with van der Waals surface area (Å²) in [6, 6.07) is 57.6. The molecule has 0 fully saturated rings. The maximum absolute atomic E-state index is 6.50. The minimum absolute atomic E-state index is 0.203. The van der Waals surface area contributed by atoms with Crippen LogP contribution in [-0.4, -0.2) is 5.71 Å². The highest BCUT2D eigenvalue weighted by molar-refractivity contribution is 6.16. The Hall–Kier alpha value is -6.19. The van der Waals surface area contributed by atoms with Crippen molar-refractivity contribution in [2.24, 2.45) is 4.99 Å². The number of aliphatic imine (C=N–C) groups is 1. The molecule has 0 saturated carbocycles. The number of hydrogen-bond acceptors (Lipinski definition) is 3.